The van der Waals surface area contributed by atoms with Crippen molar-refractivity contribution in [2.75, 3.05) is 7.11 Å². The van der Waals surface area contributed by atoms with Gasteiger partial charge in [-0.25, -0.2) is 0 Å². The quantitative estimate of drug-likeness (QED) is 0.887. The van der Waals surface area contributed by atoms with Gasteiger partial charge in [0, 0.05) is 19.2 Å². The van der Waals surface area contributed by atoms with Crippen molar-refractivity contribution < 1.29 is 4.74 Å². The molecule has 0 aliphatic heterocycles. The zero-order valence-corrected chi connectivity index (χ0v) is 12.8. The molecule has 2 aromatic rings. The highest BCUT2D eigenvalue weighted by Crippen LogP contribution is 2.27. The Morgan fingerprint density at radius 2 is 1.57 bits per heavy atom. The second-order valence-electron chi connectivity index (χ2n) is 5.90. The van der Waals surface area contributed by atoms with Crippen molar-refractivity contribution in [1.29, 1.82) is 0 Å². The zero-order chi connectivity index (χ0) is 14.7. The highest BCUT2D eigenvalue weighted by atomic mass is 16.5. The molecule has 0 heterocycles. The number of hydrogen-bond acceptors (Lipinski definition) is 2. The summed E-state index contributed by atoms with van der Waals surface area (Å²) in [5.74, 6) is 0. The minimum absolute atomic E-state index is 0.387. The average molecular weight is 281 g/mol. The van der Waals surface area contributed by atoms with Gasteiger partial charge in [-0.15, -0.1) is 0 Å². The fourth-order valence-electron chi connectivity index (χ4n) is 2.94. The van der Waals surface area contributed by atoms with Crippen molar-refractivity contribution in [2.24, 2.45) is 0 Å². The molecule has 1 aliphatic carbocycles. The number of nitrogens with one attached hydrogen (secondary N) is 1. The monoisotopic (exact) mass is 281 g/mol. The van der Waals surface area contributed by atoms with E-state index in [1.54, 1.807) is 7.11 Å². The van der Waals surface area contributed by atoms with Gasteiger partial charge in [0.15, 0.2) is 0 Å². The van der Waals surface area contributed by atoms with Crippen molar-refractivity contribution in [1.82, 2.24) is 5.32 Å². The molecule has 0 spiro atoms. The van der Waals surface area contributed by atoms with E-state index in [9.17, 15) is 0 Å². The van der Waals surface area contributed by atoms with Crippen molar-refractivity contribution in [3.8, 4) is 11.1 Å². The third-order valence-electron chi connectivity index (χ3n) is 4.43. The lowest BCUT2D eigenvalue weighted by Crippen LogP contribution is -2.45. The van der Waals surface area contributed by atoms with Gasteiger partial charge in [0.05, 0.1) is 6.10 Å². The van der Waals surface area contributed by atoms with E-state index in [-0.39, 0.29) is 0 Å². The third-order valence-corrected chi connectivity index (χ3v) is 4.43. The molecule has 2 aromatic carbocycles. The smallest absolute Gasteiger partial charge is 0.0601 e. The SMILES string of the molecule is COC1CC(NC(C)c2ccc(-c3ccccc3)cc2)C1. The lowest BCUT2D eigenvalue weighted by Gasteiger charge is -2.36. The summed E-state index contributed by atoms with van der Waals surface area (Å²) in [5.41, 5.74) is 3.89. The van der Waals surface area contributed by atoms with Crippen LogP contribution in [0.1, 0.15) is 31.4 Å². The molecule has 2 nitrogen and oxygen atoms in total. The van der Waals surface area contributed by atoms with Gasteiger partial charge in [0.2, 0.25) is 0 Å². The van der Waals surface area contributed by atoms with Crippen molar-refractivity contribution in [3.63, 3.8) is 0 Å². The van der Waals surface area contributed by atoms with Crippen LogP contribution in [0.4, 0.5) is 0 Å². The molecule has 0 bridgehead atoms. The number of rotatable bonds is 5. The van der Waals surface area contributed by atoms with E-state index in [1.807, 2.05) is 0 Å². The van der Waals surface area contributed by atoms with E-state index in [1.165, 1.54) is 16.7 Å². The maximum absolute atomic E-state index is 5.33. The van der Waals surface area contributed by atoms with Crippen LogP contribution >= 0.6 is 0 Å². The largest absolute Gasteiger partial charge is 0.381 e. The standard InChI is InChI=1S/C19H23NO/c1-14(20-18-12-19(13-18)21-2)15-8-10-17(11-9-15)16-6-4-3-5-7-16/h3-11,14,18-20H,12-13H2,1-2H3. The molecule has 21 heavy (non-hydrogen) atoms. The molecule has 1 unspecified atom stereocenters. The molecule has 1 N–H and O–H groups in total. The number of benzene rings is 2. The molecule has 1 atom stereocenters. The van der Waals surface area contributed by atoms with E-state index >= 15 is 0 Å². The van der Waals surface area contributed by atoms with Gasteiger partial charge in [0.1, 0.15) is 0 Å². The van der Waals surface area contributed by atoms with Crippen molar-refractivity contribution in [2.45, 2.75) is 38.0 Å². The molecule has 2 heteroatoms. The van der Waals surface area contributed by atoms with Gasteiger partial charge < -0.3 is 10.1 Å². The van der Waals surface area contributed by atoms with E-state index < -0.39 is 0 Å². The van der Waals surface area contributed by atoms with Gasteiger partial charge in [-0.2, -0.15) is 0 Å². The molecule has 0 saturated heterocycles. The summed E-state index contributed by atoms with van der Waals surface area (Å²) >= 11 is 0. The number of hydrogen-bond donors (Lipinski definition) is 1. The van der Waals surface area contributed by atoms with Crippen LogP contribution in [0.2, 0.25) is 0 Å². The fourth-order valence-corrected chi connectivity index (χ4v) is 2.94. The average Bonchev–Trinajstić information content (AvgIpc) is 2.51. The maximum Gasteiger partial charge on any atom is 0.0601 e. The molecular weight excluding hydrogens is 258 g/mol. The van der Waals surface area contributed by atoms with Crippen molar-refractivity contribution >= 4 is 0 Å². The highest BCUT2D eigenvalue weighted by molar-refractivity contribution is 5.63. The Labute approximate surface area is 127 Å². The normalized spacial score (nSPS) is 22.6. The van der Waals surface area contributed by atoms with Gasteiger partial charge in [-0.3, -0.25) is 0 Å². The zero-order valence-electron chi connectivity index (χ0n) is 12.8. The summed E-state index contributed by atoms with van der Waals surface area (Å²) in [6.45, 7) is 2.23. The predicted molar refractivity (Wildman–Crippen MR) is 87.2 cm³/mol. The first kappa shape index (κ1) is 14.3. The predicted octanol–water partition coefficient (Wildman–Crippen LogP) is 4.18. The summed E-state index contributed by atoms with van der Waals surface area (Å²) in [6.07, 6.45) is 2.71. The topological polar surface area (TPSA) is 21.3 Å². The molecule has 1 saturated carbocycles. The maximum atomic E-state index is 5.33. The minimum atomic E-state index is 0.387. The summed E-state index contributed by atoms with van der Waals surface area (Å²) < 4.78 is 5.33. The second kappa shape index (κ2) is 6.42. The lowest BCUT2D eigenvalue weighted by atomic mass is 9.88. The fraction of sp³-hybridized carbons (Fsp3) is 0.368. The number of methoxy groups -OCH3 is 1. The molecular formula is C19H23NO. The van der Waals surface area contributed by atoms with Crippen molar-refractivity contribution in [3.05, 3.63) is 60.2 Å². The Bertz CT molecular complexity index is 558. The summed E-state index contributed by atoms with van der Waals surface area (Å²) in [5, 5.41) is 3.68. The van der Waals surface area contributed by atoms with Gasteiger partial charge in [-0.05, 0) is 36.5 Å². The van der Waals surface area contributed by atoms with E-state index in [0.717, 1.165) is 12.8 Å². The lowest BCUT2D eigenvalue weighted by molar-refractivity contribution is 0.0147. The van der Waals surface area contributed by atoms with Crippen LogP contribution in [-0.4, -0.2) is 19.3 Å². The molecule has 1 aliphatic rings. The summed E-state index contributed by atoms with van der Waals surface area (Å²) in [6, 6.07) is 20.4. The Morgan fingerprint density at radius 1 is 0.952 bits per heavy atom. The molecule has 0 aromatic heterocycles. The highest BCUT2D eigenvalue weighted by Gasteiger charge is 2.29. The van der Waals surface area contributed by atoms with Gasteiger partial charge >= 0.3 is 0 Å². The summed E-state index contributed by atoms with van der Waals surface area (Å²) in [4.78, 5) is 0. The van der Waals surface area contributed by atoms with E-state index in [2.05, 4.69) is 66.8 Å². The van der Waals surface area contributed by atoms with Gasteiger partial charge in [0.25, 0.3) is 0 Å². The van der Waals surface area contributed by atoms with Crippen LogP contribution < -0.4 is 5.32 Å². The molecule has 3 rings (SSSR count). The van der Waals surface area contributed by atoms with Crippen LogP contribution in [0.15, 0.2) is 54.6 Å². The van der Waals surface area contributed by atoms with Gasteiger partial charge in [-0.1, -0.05) is 54.6 Å². The van der Waals surface area contributed by atoms with Crippen LogP contribution in [-0.2, 0) is 4.74 Å². The van der Waals surface area contributed by atoms with E-state index in [4.69, 9.17) is 4.74 Å². The molecule has 1 fully saturated rings. The third kappa shape index (κ3) is 3.34. The van der Waals surface area contributed by atoms with Crippen LogP contribution in [0.25, 0.3) is 11.1 Å². The molecule has 0 radical (unpaired) electrons. The first-order chi connectivity index (χ1) is 10.3. The first-order valence-corrected chi connectivity index (χ1v) is 7.70. The van der Waals surface area contributed by atoms with Crippen LogP contribution in [0.5, 0.6) is 0 Å². The molecule has 110 valence electrons. The Balaban J connectivity index is 1.61. The Morgan fingerprint density at radius 3 is 2.19 bits per heavy atom. The Hall–Kier alpha value is -1.64. The second-order valence-corrected chi connectivity index (χ2v) is 5.90. The summed E-state index contributed by atoms with van der Waals surface area (Å²) in [7, 11) is 1.80. The van der Waals surface area contributed by atoms with Crippen LogP contribution in [0.3, 0.4) is 0 Å². The molecule has 0 amide bonds. The van der Waals surface area contributed by atoms with Crippen LogP contribution in [0, 0.1) is 0 Å². The number of ether oxygens (including phenoxy) is 1. The Kier molecular flexibility index (Phi) is 4.37. The first-order valence-electron chi connectivity index (χ1n) is 7.70. The minimum Gasteiger partial charge on any atom is -0.381 e. The van der Waals surface area contributed by atoms with E-state index in [0.29, 0.717) is 18.2 Å².